The van der Waals surface area contributed by atoms with E-state index in [1.807, 2.05) is 23.6 Å². The summed E-state index contributed by atoms with van der Waals surface area (Å²) in [5.74, 6) is -0.233. The highest BCUT2D eigenvalue weighted by molar-refractivity contribution is 7.14. The van der Waals surface area contributed by atoms with Crippen molar-refractivity contribution in [3.05, 3.63) is 41.3 Å². The Kier molecular flexibility index (Phi) is 3.31. The molecule has 1 heterocycles. The molecule has 0 aliphatic carbocycles. The van der Waals surface area contributed by atoms with Gasteiger partial charge in [0.15, 0.2) is 0 Å². The molecule has 0 spiro atoms. The number of nitriles is 1. The van der Waals surface area contributed by atoms with Crippen molar-refractivity contribution in [2.24, 2.45) is 0 Å². The van der Waals surface area contributed by atoms with E-state index in [0.29, 0.717) is 5.69 Å². The summed E-state index contributed by atoms with van der Waals surface area (Å²) < 4.78 is 0. The van der Waals surface area contributed by atoms with Gasteiger partial charge in [0.1, 0.15) is 16.8 Å². The second-order valence-electron chi connectivity index (χ2n) is 3.62. The number of nitrogens with zero attached hydrogens (tertiary/aromatic N) is 2. The summed E-state index contributed by atoms with van der Waals surface area (Å²) in [5.41, 5.74) is 0.717. The van der Waals surface area contributed by atoms with Crippen molar-refractivity contribution in [2.45, 2.75) is 6.92 Å². The summed E-state index contributed by atoms with van der Waals surface area (Å²) in [4.78, 5) is 13.2. The minimum Gasteiger partial charge on any atom is -0.507 e. The number of hydrogen-bond acceptors (Lipinski definition) is 4. The molecule has 0 aliphatic rings. The summed E-state index contributed by atoms with van der Waals surface area (Å²) in [6, 6.07) is 10.1. The quantitative estimate of drug-likeness (QED) is 0.900. The molecule has 1 amide bonds. The number of anilines is 2. The van der Waals surface area contributed by atoms with Crippen molar-refractivity contribution in [3.8, 4) is 11.8 Å². The van der Waals surface area contributed by atoms with Crippen molar-refractivity contribution < 1.29 is 9.90 Å². The van der Waals surface area contributed by atoms with E-state index in [9.17, 15) is 9.90 Å². The summed E-state index contributed by atoms with van der Waals surface area (Å²) in [7, 11) is 0. The molecule has 1 N–H and O–H groups in total. The fourth-order valence-corrected chi connectivity index (χ4v) is 2.41. The van der Waals surface area contributed by atoms with Gasteiger partial charge in [-0.05, 0) is 35.7 Å². The first-order valence-electron chi connectivity index (χ1n) is 5.21. The number of carbonyl (C=O) groups is 1. The van der Waals surface area contributed by atoms with Crippen LogP contribution in [0.3, 0.4) is 0 Å². The molecular weight excluding hydrogens is 248 g/mol. The van der Waals surface area contributed by atoms with Gasteiger partial charge < -0.3 is 5.11 Å². The number of thiophene rings is 1. The molecule has 1 aromatic heterocycles. The Bertz CT molecular complexity index is 614. The van der Waals surface area contributed by atoms with E-state index in [4.69, 9.17) is 5.26 Å². The van der Waals surface area contributed by atoms with Crippen molar-refractivity contribution >= 4 is 27.9 Å². The molecule has 0 fully saturated rings. The van der Waals surface area contributed by atoms with Gasteiger partial charge in [0, 0.05) is 6.92 Å². The van der Waals surface area contributed by atoms with Crippen LogP contribution in [0, 0.1) is 11.3 Å². The molecule has 2 aromatic rings. The normalized spacial score (nSPS) is 9.78. The van der Waals surface area contributed by atoms with Crippen molar-refractivity contribution in [2.75, 3.05) is 4.90 Å². The first kappa shape index (κ1) is 12.1. The van der Waals surface area contributed by atoms with E-state index in [1.54, 1.807) is 6.07 Å². The van der Waals surface area contributed by atoms with Crippen LogP contribution in [0.2, 0.25) is 0 Å². The molecule has 0 atom stereocenters. The van der Waals surface area contributed by atoms with E-state index in [-0.39, 0.29) is 17.2 Å². The summed E-state index contributed by atoms with van der Waals surface area (Å²) in [6.07, 6.45) is 0. The molecule has 0 bridgehead atoms. The topological polar surface area (TPSA) is 64.3 Å². The molecule has 18 heavy (non-hydrogen) atoms. The van der Waals surface area contributed by atoms with E-state index < -0.39 is 0 Å². The van der Waals surface area contributed by atoms with Gasteiger partial charge in [-0.15, -0.1) is 11.3 Å². The number of rotatable bonds is 2. The highest BCUT2D eigenvalue weighted by atomic mass is 32.1. The molecule has 0 aliphatic heterocycles. The van der Waals surface area contributed by atoms with Gasteiger partial charge in [-0.3, -0.25) is 9.69 Å². The largest absolute Gasteiger partial charge is 0.507 e. The van der Waals surface area contributed by atoms with Gasteiger partial charge >= 0.3 is 0 Å². The maximum absolute atomic E-state index is 11.7. The van der Waals surface area contributed by atoms with Crippen LogP contribution in [0.1, 0.15) is 12.5 Å². The highest BCUT2D eigenvalue weighted by Gasteiger charge is 2.16. The Morgan fingerprint density at radius 3 is 2.78 bits per heavy atom. The zero-order chi connectivity index (χ0) is 13.1. The van der Waals surface area contributed by atoms with E-state index in [1.165, 1.54) is 35.3 Å². The molecule has 4 nitrogen and oxygen atoms in total. The average Bonchev–Trinajstić information content (AvgIpc) is 2.84. The van der Waals surface area contributed by atoms with Crippen LogP contribution in [0.25, 0.3) is 0 Å². The monoisotopic (exact) mass is 258 g/mol. The number of amides is 1. The van der Waals surface area contributed by atoms with Gasteiger partial charge in [0.2, 0.25) is 5.91 Å². The number of aromatic hydroxyl groups is 1. The molecule has 1 aromatic carbocycles. The molecule has 90 valence electrons. The number of benzene rings is 1. The Morgan fingerprint density at radius 2 is 2.22 bits per heavy atom. The fraction of sp³-hybridized carbons (Fsp3) is 0.0769. The second kappa shape index (κ2) is 4.90. The fourth-order valence-electron chi connectivity index (χ4n) is 1.61. The molecule has 0 saturated heterocycles. The number of carbonyl (C=O) groups excluding carboxylic acids is 1. The zero-order valence-corrected chi connectivity index (χ0v) is 10.4. The molecule has 5 heteroatoms. The Morgan fingerprint density at radius 1 is 1.44 bits per heavy atom. The predicted molar refractivity (Wildman–Crippen MR) is 70.0 cm³/mol. The van der Waals surface area contributed by atoms with E-state index in [2.05, 4.69) is 0 Å². The van der Waals surface area contributed by atoms with Crippen LogP contribution in [0.15, 0.2) is 35.7 Å². The third-order valence-corrected chi connectivity index (χ3v) is 3.25. The van der Waals surface area contributed by atoms with Gasteiger partial charge in [-0.25, -0.2) is 0 Å². The lowest BCUT2D eigenvalue weighted by atomic mass is 10.2. The lowest BCUT2D eigenvalue weighted by molar-refractivity contribution is -0.115. The lowest BCUT2D eigenvalue weighted by Crippen LogP contribution is -2.21. The van der Waals surface area contributed by atoms with Crippen LogP contribution in [0.5, 0.6) is 5.75 Å². The van der Waals surface area contributed by atoms with Gasteiger partial charge in [-0.1, -0.05) is 0 Å². The third kappa shape index (κ3) is 2.19. The zero-order valence-electron chi connectivity index (χ0n) is 9.62. The SMILES string of the molecule is CC(=O)N(c1ccc(O)c(C#N)c1)c1cccs1. The minimum absolute atomic E-state index is 0.0871. The van der Waals surface area contributed by atoms with Crippen molar-refractivity contribution in [3.63, 3.8) is 0 Å². The standard InChI is InChI=1S/C13H10N2O2S/c1-9(16)15(13-3-2-6-18-13)11-4-5-12(17)10(7-11)8-14/h2-7,17H,1H3. The molecule has 2 rings (SSSR count). The third-order valence-electron chi connectivity index (χ3n) is 2.40. The average molecular weight is 258 g/mol. The first-order chi connectivity index (χ1) is 8.63. The highest BCUT2D eigenvalue weighted by Crippen LogP contribution is 2.32. The van der Waals surface area contributed by atoms with Gasteiger partial charge in [0.05, 0.1) is 11.3 Å². The first-order valence-corrected chi connectivity index (χ1v) is 6.09. The van der Waals surface area contributed by atoms with Crippen LogP contribution in [-0.2, 0) is 4.79 Å². The maximum atomic E-state index is 11.7. The summed E-state index contributed by atoms with van der Waals surface area (Å²) in [5, 5.41) is 21.0. The maximum Gasteiger partial charge on any atom is 0.229 e. The molecule has 0 saturated carbocycles. The molecule has 0 radical (unpaired) electrons. The predicted octanol–water partition coefficient (Wildman–Crippen LogP) is 3.01. The van der Waals surface area contributed by atoms with Gasteiger partial charge in [-0.2, -0.15) is 5.26 Å². The van der Waals surface area contributed by atoms with Gasteiger partial charge in [0.25, 0.3) is 0 Å². The molecular formula is C13H10N2O2S. The van der Waals surface area contributed by atoms with E-state index in [0.717, 1.165) is 5.00 Å². The Hall–Kier alpha value is -2.32. The van der Waals surface area contributed by atoms with Crippen LogP contribution < -0.4 is 4.90 Å². The minimum atomic E-state index is -0.146. The van der Waals surface area contributed by atoms with Crippen molar-refractivity contribution in [1.29, 1.82) is 5.26 Å². The summed E-state index contributed by atoms with van der Waals surface area (Å²) in [6.45, 7) is 1.46. The Balaban J connectivity index is 2.51. The van der Waals surface area contributed by atoms with Crippen molar-refractivity contribution in [1.82, 2.24) is 0 Å². The smallest absolute Gasteiger partial charge is 0.229 e. The van der Waals surface area contributed by atoms with E-state index >= 15 is 0 Å². The number of hydrogen-bond donors (Lipinski definition) is 1. The van der Waals surface area contributed by atoms with Crippen LogP contribution in [-0.4, -0.2) is 11.0 Å². The summed E-state index contributed by atoms with van der Waals surface area (Å²) >= 11 is 1.43. The Labute approximate surface area is 108 Å². The van der Waals surface area contributed by atoms with Crippen LogP contribution >= 0.6 is 11.3 Å². The number of phenols is 1. The molecule has 0 unspecified atom stereocenters. The second-order valence-corrected chi connectivity index (χ2v) is 4.55. The number of phenolic OH excluding ortho intramolecular Hbond substituents is 1. The van der Waals surface area contributed by atoms with Crippen LogP contribution in [0.4, 0.5) is 10.7 Å². The lowest BCUT2D eigenvalue weighted by Gasteiger charge is -2.19.